The fourth-order valence-corrected chi connectivity index (χ4v) is 1.24. The molecule has 0 aromatic heterocycles. The second kappa shape index (κ2) is 6.40. The van der Waals surface area contributed by atoms with Crippen molar-refractivity contribution < 1.29 is 9.59 Å². The third kappa shape index (κ3) is 4.26. The zero-order valence-corrected chi connectivity index (χ0v) is 10.4. The molecule has 0 spiro atoms. The molecule has 0 heterocycles. The Balaban J connectivity index is 2.71. The Labute approximate surface area is 106 Å². The van der Waals surface area contributed by atoms with Gasteiger partial charge in [-0.05, 0) is 18.2 Å². The molecule has 1 aromatic carbocycles. The highest BCUT2D eigenvalue weighted by molar-refractivity contribution is 5.95. The molecule has 1 aromatic rings. The first-order valence-corrected chi connectivity index (χ1v) is 5.60. The minimum atomic E-state index is -0.371. The van der Waals surface area contributed by atoms with Gasteiger partial charge in [-0.2, -0.15) is 5.26 Å². The first-order valence-electron chi connectivity index (χ1n) is 5.60. The molecule has 0 saturated heterocycles. The SMILES string of the molecule is CC(C)C(=O)Nc1cccc(NC(=O)CC#N)c1. The number of nitrogens with zero attached hydrogens (tertiary/aromatic N) is 1. The quantitative estimate of drug-likeness (QED) is 0.852. The van der Waals surface area contributed by atoms with Crippen LogP contribution in [0.5, 0.6) is 0 Å². The van der Waals surface area contributed by atoms with Crippen LogP contribution in [-0.2, 0) is 9.59 Å². The van der Waals surface area contributed by atoms with E-state index in [0.29, 0.717) is 11.4 Å². The summed E-state index contributed by atoms with van der Waals surface area (Å²) in [7, 11) is 0. The molecule has 2 amide bonds. The van der Waals surface area contributed by atoms with E-state index in [2.05, 4.69) is 10.6 Å². The van der Waals surface area contributed by atoms with E-state index in [4.69, 9.17) is 5.26 Å². The van der Waals surface area contributed by atoms with E-state index >= 15 is 0 Å². The summed E-state index contributed by atoms with van der Waals surface area (Å²) < 4.78 is 0. The van der Waals surface area contributed by atoms with E-state index in [0.717, 1.165) is 0 Å². The fourth-order valence-electron chi connectivity index (χ4n) is 1.24. The molecule has 5 nitrogen and oxygen atoms in total. The van der Waals surface area contributed by atoms with Gasteiger partial charge in [-0.15, -0.1) is 0 Å². The average Bonchev–Trinajstić information content (AvgIpc) is 2.29. The van der Waals surface area contributed by atoms with Crippen LogP contribution in [0.3, 0.4) is 0 Å². The van der Waals surface area contributed by atoms with Crippen LogP contribution in [-0.4, -0.2) is 11.8 Å². The van der Waals surface area contributed by atoms with Crippen LogP contribution >= 0.6 is 0 Å². The van der Waals surface area contributed by atoms with E-state index in [-0.39, 0.29) is 24.2 Å². The Bertz CT molecular complexity index is 489. The van der Waals surface area contributed by atoms with Gasteiger partial charge in [-0.3, -0.25) is 9.59 Å². The van der Waals surface area contributed by atoms with Crippen molar-refractivity contribution in [3.05, 3.63) is 24.3 Å². The number of nitrogens with one attached hydrogen (secondary N) is 2. The monoisotopic (exact) mass is 245 g/mol. The summed E-state index contributed by atoms with van der Waals surface area (Å²) in [5, 5.41) is 13.7. The molecule has 0 fully saturated rings. The Hall–Kier alpha value is -2.35. The first kappa shape index (κ1) is 13.7. The lowest BCUT2D eigenvalue weighted by molar-refractivity contribution is -0.119. The van der Waals surface area contributed by atoms with Crippen molar-refractivity contribution in [2.24, 2.45) is 5.92 Å². The van der Waals surface area contributed by atoms with E-state index in [1.807, 2.05) is 0 Å². The standard InChI is InChI=1S/C13H15N3O2/c1-9(2)13(18)16-11-5-3-4-10(8-11)15-12(17)6-7-14/h3-5,8-9H,6H2,1-2H3,(H,15,17)(H,16,18). The van der Waals surface area contributed by atoms with Gasteiger partial charge in [0.2, 0.25) is 11.8 Å². The molecule has 0 aliphatic carbocycles. The van der Waals surface area contributed by atoms with Crippen LogP contribution in [0.4, 0.5) is 11.4 Å². The number of carbonyl (C=O) groups is 2. The molecule has 0 atom stereocenters. The molecular weight excluding hydrogens is 230 g/mol. The first-order chi connectivity index (χ1) is 8.52. The summed E-state index contributed by atoms with van der Waals surface area (Å²) in [5.74, 6) is -0.567. The highest BCUT2D eigenvalue weighted by atomic mass is 16.2. The lowest BCUT2D eigenvalue weighted by atomic mass is 10.2. The summed E-state index contributed by atoms with van der Waals surface area (Å²) in [6.45, 7) is 3.60. The highest BCUT2D eigenvalue weighted by Crippen LogP contribution is 2.16. The number of carbonyl (C=O) groups excluding carboxylic acids is 2. The van der Waals surface area contributed by atoms with Gasteiger partial charge in [-0.1, -0.05) is 19.9 Å². The van der Waals surface area contributed by atoms with Crippen molar-refractivity contribution in [2.45, 2.75) is 20.3 Å². The number of benzene rings is 1. The van der Waals surface area contributed by atoms with Gasteiger partial charge in [0, 0.05) is 17.3 Å². The maximum absolute atomic E-state index is 11.5. The Kier molecular flexibility index (Phi) is 4.88. The number of hydrogen-bond acceptors (Lipinski definition) is 3. The molecule has 0 aliphatic heterocycles. The van der Waals surface area contributed by atoms with Crippen LogP contribution < -0.4 is 10.6 Å². The Morgan fingerprint density at radius 3 is 2.44 bits per heavy atom. The van der Waals surface area contributed by atoms with Gasteiger partial charge >= 0.3 is 0 Å². The van der Waals surface area contributed by atoms with Crippen LogP contribution in [0, 0.1) is 17.2 Å². The number of anilines is 2. The maximum atomic E-state index is 11.5. The molecule has 18 heavy (non-hydrogen) atoms. The molecule has 1 rings (SSSR count). The van der Waals surface area contributed by atoms with Crippen molar-refractivity contribution in [3.8, 4) is 6.07 Å². The second-order valence-electron chi connectivity index (χ2n) is 4.11. The minimum absolute atomic E-state index is 0.0875. The van der Waals surface area contributed by atoms with Crippen molar-refractivity contribution >= 4 is 23.2 Å². The summed E-state index contributed by atoms with van der Waals surface area (Å²) in [6.07, 6.45) is -0.192. The van der Waals surface area contributed by atoms with Gasteiger partial charge in [0.05, 0.1) is 6.07 Å². The molecule has 0 aliphatic rings. The zero-order chi connectivity index (χ0) is 13.5. The lowest BCUT2D eigenvalue weighted by Crippen LogP contribution is -2.18. The third-order valence-corrected chi connectivity index (χ3v) is 2.18. The predicted octanol–water partition coefficient (Wildman–Crippen LogP) is 2.13. The molecular formula is C13H15N3O2. The average molecular weight is 245 g/mol. The van der Waals surface area contributed by atoms with E-state index < -0.39 is 0 Å². The van der Waals surface area contributed by atoms with E-state index in [9.17, 15) is 9.59 Å². The van der Waals surface area contributed by atoms with Gasteiger partial charge in [0.15, 0.2) is 0 Å². The molecule has 0 bridgehead atoms. The summed E-state index contributed by atoms with van der Waals surface area (Å²) in [5.41, 5.74) is 1.17. The number of nitriles is 1. The van der Waals surface area contributed by atoms with Gasteiger partial charge in [0.25, 0.3) is 0 Å². The highest BCUT2D eigenvalue weighted by Gasteiger charge is 2.07. The molecule has 5 heteroatoms. The minimum Gasteiger partial charge on any atom is -0.326 e. The summed E-state index contributed by atoms with van der Waals surface area (Å²) in [6, 6.07) is 8.57. The Morgan fingerprint density at radius 1 is 1.28 bits per heavy atom. The number of rotatable bonds is 4. The molecule has 0 saturated carbocycles. The molecule has 0 unspecified atom stereocenters. The van der Waals surface area contributed by atoms with E-state index in [1.54, 1.807) is 44.2 Å². The predicted molar refractivity (Wildman–Crippen MR) is 68.8 cm³/mol. The van der Waals surface area contributed by atoms with Crippen LogP contribution in [0.2, 0.25) is 0 Å². The van der Waals surface area contributed by atoms with E-state index in [1.165, 1.54) is 0 Å². The number of hydrogen-bond donors (Lipinski definition) is 2. The van der Waals surface area contributed by atoms with Crippen LogP contribution in [0.15, 0.2) is 24.3 Å². The molecule has 94 valence electrons. The van der Waals surface area contributed by atoms with Gasteiger partial charge < -0.3 is 10.6 Å². The van der Waals surface area contributed by atoms with Crippen molar-refractivity contribution in [1.82, 2.24) is 0 Å². The van der Waals surface area contributed by atoms with Crippen molar-refractivity contribution in [3.63, 3.8) is 0 Å². The summed E-state index contributed by atoms with van der Waals surface area (Å²) >= 11 is 0. The second-order valence-corrected chi connectivity index (χ2v) is 4.11. The molecule has 0 radical (unpaired) electrons. The maximum Gasteiger partial charge on any atom is 0.238 e. The normalized spacial score (nSPS) is 9.67. The van der Waals surface area contributed by atoms with Crippen LogP contribution in [0.1, 0.15) is 20.3 Å². The molecule has 2 N–H and O–H groups in total. The largest absolute Gasteiger partial charge is 0.326 e. The summed E-state index contributed by atoms with van der Waals surface area (Å²) in [4.78, 5) is 22.7. The lowest BCUT2D eigenvalue weighted by Gasteiger charge is -2.09. The fraction of sp³-hybridized carbons (Fsp3) is 0.308. The van der Waals surface area contributed by atoms with Crippen molar-refractivity contribution in [2.75, 3.05) is 10.6 Å². The van der Waals surface area contributed by atoms with Crippen molar-refractivity contribution in [1.29, 1.82) is 5.26 Å². The topological polar surface area (TPSA) is 82.0 Å². The third-order valence-electron chi connectivity index (χ3n) is 2.18. The smallest absolute Gasteiger partial charge is 0.238 e. The number of amides is 2. The zero-order valence-electron chi connectivity index (χ0n) is 10.4. The Morgan fingerprint density at radius 2 is 1.89 bits per heavy atom. The van der Waals surface area contributed by atoms with Gasteiger partial charge in [0.1, 0.15) is 6.42 Å². The van der Waals surface area contributed by atoms with Gasteiger partial charge in [-0.25, -0.2) is 0 Å². The van der Waals surface area contributed by atoms with Crippen LogP contribution in [0.25, 0.3) is 0 Å².